The summed E-state index contributed by atoms with van der Waals surface area (Å²) in [5.41, 5.74) is 1.81. The standard InChI is InChI=1S/C15H15NO4S.C3H9N/c1-7-5-3-4-6-9(7)12-11(15(19)20)16-13(18)10(8(2)17)14(16)21-12;1-4(2)3/h3-6,8,10,14,17H,1-2H3,(H,19,20);1-3H3/t8-,10+,14-;/m1./s1. The van der Waals surface area contributed by atoms with Gasteiger partial charge in [-0.1, -0.05) is 36.0 Å². The van der Waals surface area contributed by atoms with Crippen molar-refractivity contribution in [1.29, 1.82) is 0 Å². The molecule has 0 aromatic heterocycles. The first-order chi connectivity index (χ1) is 11.7. The van der Waals surface area contributed by atoms with Gasteiger partial charge in [0.2, 0.25) is 5.91 Å². The lowest BCUT2D eigenvalue weighted by Crippen LogP contribution is -2.60. The monoisotopic (exact) mass is 364 g/mol. The Labute approximate surface area is 152 Å². The van der Waals surface area contributed by atoms with Gasteiger partial charge in [0.25, 0.3) is 0 Å². The van der Waals surface area contributed by atoms with E-state index in [0.717, 1.165) is 11.1 Å². The van der Waals surface area contributed by atoms with E-state index in [4.69, 9.17) is 0 Å². The molecule has 6 nitrogen and oxygen atoms in total. The first-order valence-electron chi connectivity index (χ1n) is 7.99. The second kappa shape index (κ2) is 7.59. The van der Waals surface area contributed by atoms with Gasteiger partial charge in [-0.05, 0) is 46.1 Å². The Morgan fingerprint density at radius 3 is 2.32 bits per heavy atom. The number of benzene rings is 1. The molecular weight excluding hydrogens is 340 g/mol. The Kier molecular flexibility index (Phi) is 5.92. The van der Waals surface area contributed by atoms with Gasteiger partial charge < -0.3 is 15.1 Å². The van der Waals surface area contributed by atoms with Crippen LogP contribution in [0.2, 0.25) is 0 Å². The fraction of sp³-hybridized carbons (Fsp3) is 0.444. The highest BCUT2D eigenvalue weighted by Gasteiger charge is 2.57. The summed E-state index contributed by atoms with van der Waals surface area (Å²) < 4.78 is 0. The number of carbonyl (C=O) groups excluding carboxylic acids is 1. The van der Waals surface area contributed by atoms with Gasteiger partial charge in [-0.3, -0.25) is 9.69 Å². The molecule has 0 saturated carbocycles. The minimum atomic E-state index is -1.11. The smallest absolute Gasteiger partial charge is 0.353 e. The number of rotatable bonds is 3. The highest BCUT2D eigenvalue weighted by Crippen LogP contribution is 2.54. The molecule has 1 fully saturated rings. The third-order valence-electron chi connectivity index (χ3n) is 3.89. The molecule has 0 spiro atoms. The van der Waals surface area contributed by atoms with Crippen LogP contribution in [0.15, 0.2) is 30.0 Å². The summed E-state index contributed by atoms with van der Waals surface area (Å²) in [4.78, 5) is 27.6. The molecule has 3 atom stereocenters. The Balaban J connectivity index is 0.000000511. The van der Waals surface area contributed by atoms with Crippen LogP contribution < -0.4 is 0 Å². The summed E-state index contributed by atoms with van der Waals surface area (Å²) in [6.07, 6.45) is -0.780. The molecule has 1 aromatic rings. The molecule has 25 heavy (non-hydrogen) atoms. The molecule has 1 saturated heterocycles. The number of aliphatic carboxylic acids is 1. The number of β-lactam (4-membered cyclic amide) rings is 1. The maximum Gasteiger partial charge on any atom is 0.353 e. The number of hydrogen-bond acceptors (Lipinski definition) is 5. The van der Waals surface area contributed by atoms with E-state index >= 15 is 0 Å². The number of carboxylic acid groups (broad SMARTS) is 1. The second-order valence-electron chi connectivity index (χ2n) is 6.62. The average molecular weight is 364 g/mol. The van der Waals surface area contributed by atoms with Crippen molar-refractivity contribution in [2.75, 3.05) is 21.1 Å². The van der Waals surface area contributed by atoms with E-state index in [9.17, 15) is 19.8 Å². The highest BCUT2D eigenvalue weighted by atomic mass is 32.2. The molecule has 136 valence electrons. The Morgan fingerprint density at radius 1 is 1.28 bits per heavy atom. The lowest BCUT2D eigenvalue weighted by atomic mass is 9.92. The Hall–Kier alpha value is -1.83. The number of aliphatic hydroxyl groups excluding tert-OH is 1. The molecule has 0 radical (unpaired) electrons. The minimum Gasteiger partial charge on any atom is -0.477 e. The zero-order valence-electron chi connectivity index (χ0n) is 15.1. The van der Waals surface area contributed by atoms with Crippen molar-refractivity contribution in [3.05, 3.63) is 41.1 Å². The summed E-state index contributed by atoms with van der Waals surface area (Å²) in [7, 11) is 6.00. The van der Waals surface area contributed by atoms with Crippen molar-refractivity contribution in [2.45, 2.75) is 25.3 Å². The number of aliphatic hydroxyl groups is 1. The van der Waals surface area contributed by atoms with Gasteiger partial charge in [0.1, 0.15) is 11.1 Å². The molecule has 7 heteroatoms. The quantitative estimate of drug-likeness (QED) is 0.797. The Morgan fingerprint density at radius 2 is 1.84 bits per heavy atom. The molecule has 0 aliphatic carbocycles. The van der Waals surface area contributed by atoms with Crippen molar-refractivity contribution in [1.82, 2.24) is 9.80 Å². The van der Waals surface area contributed by atoms with E-state index < -0.39 is 18.0 Å². The first kappa shape index (κ1) is 19.5. The fourth-order valence-electron chi connectivity index (χ4n) is 2.80. The predicted molar refractivity (Wildman–Crippen MR) is 98.7 cm³/mol. The molecular formula is C18H24N2O4S. The predicted octanol–water partition coefficient (Wildman–Crippen LogP) is 1.84. The van der Waals surface area contributed by atoms with Gasteiger partial charge in [-0.15, -0.1) is 0 Å². The maximum absolute atomic E-state index is 12.1. The van der Waals surface area contributed by atoms with Gasteiger partial charge in [-0.2, -0.15) is 0 Å². The lowest BCUT2D eigenvalue weighted by molar-refractivity contribution is -0.156. The number of fused-ring (bicyclic) bond motifs is 1. The third kappa shape index (κ3) is 3.73. The number of thioether (sulfide) groups is 1. The van der Waals surface area contributed by atoms with Crippen LogP contribution in [0.1, 0.15) is 18.1 Å². The van der Waals surface area contributed by atoms with Crippen LogP contribution in [0.25, 0.3) is 4.91 Å². The zero-order valence-corrected chi connectivity index (χ0v) is 15.9. The van der Waals surface area contributed by atoms with Crippen LogP contribution in [-0.2, 0) is 9.59 Å². The van der Waals surface area contributed by atoms with Crippen LogP contribution in [0.4, 0.5) is 0 Å². The molecule has 2 N–H and O–H groups in total. The van der Waals surface area contributed by atoms with E-state index in [1.54, 1.807) is 6.92 Å². The summed E-state index contributed by atoms with van der Waals surface area (Å²) >= 11 is 1.35. The molecule has 2 aliphatic heterocycles. The van der Waals surface area contributed by atoms with Gasteiger partial charge >= 0.3 is 5.97 Å². The number of aryl methyl sites for hydroxylation is 1. The highest BCUT2D eigenvalue weighted by molar-refractivity contribution is 8.09. The summed E-state index contributed by atoms with van der Waals surface area (Å²) in [6.45, 7) is 3.47. The van der Waals surface area contributed by atoms with Crippen LogP contribution >= 0.6 is 11.8 Å². The van der Waals surface area contributed by atoms with E-state index in [2.05, 4.69) is 0 Å². The van der Waals surface area contributed by atoms with Crippen LogP contribution in [0.3, 0.4) is 0 Å². The minimum absolute atomic E-state index is 0.0289. The second-order valence-corrected chi connectivity index (χ2v) is 7.75. The van der Waals surface area contributed by atoms with Crippen LogP contribution in [0.5, 0.6) is 0 Å². The van der Waals surface area contributed by atoms with E-state index in [1.165, 1.54) is 16.7 Å². The topological polar surface area (TPSA) is 81.1 Å². The third-order valence-corrected chi connectivity index (χ3v) is 5.29. The van der Waals surface area contributed by atoms with Gasteiger partial charge in [-0.25, -0.2) is 4.79 Å². The molecule has 3 rings (SSSR count). The number of nitrogens with zero attached hydrogens (tertiary/aromatic N) is 2. The van der Waals surface area contributed by atoms with Crippen molar-refractivity contribution < 1.29 is 19.8 Å². The van der Waals surface area contributed by atoms with Gasteiger partial charge in [0, 0.05) is 4.91 Å². The molecule has 2 heterocycles. The van der Waals surface area contributed by atoms with Crippen LogP contribution in [-0.4, -0.2) is 64.5 Å². The SMILES string of the molecule is CN(C)C.Cc1ccccc1C1=C(C(=O)O)N2C(=O)[C@H]([C@@H](C)O)[C@H]2S1. The van der Waals surface area contributed by atoms with Crippen molar-refractivity contribution >= 4 is 28.5 Å². The molecule has 1 aromatic carbocycles. The number of hydrogen-bond donors (Lipinski definition) is 2. The first-order valence-corrected chi connectivity index (χ1v) is 8.87. The number of carbonyl (C=O) groups is 2. The average Bonchev–Trinajstić information content (AvgIpc) is 2.82. The van der Waals surface area contributed by atoms with Gasteiger partial charge in [0.15, 0.2) is 0 Å². The van der Waals surface area contributed by atoms with E-state index in [1.807, 2.05) is 57.2 Å². The molecule has 0 bridgehead atoms. The van der Waals surface area contributed by atoms with Crippen molar-refractivity contribution in [3.63, 3.8) is 0 Å². The number of carboxylic acids is 1. The number of amides is 1. The zero-order chi connectivity index (χ0) is 18.9. The summed E-state index contributed by atoms with van der Waals surface area (Å²) in [6, 6.07) is 7.50. The van der Waals surface area contributed by atoms with Crippen molar-refractivity contribution in [2.24, 2.45) is 5.92 Å². The fourth-order valence-corrected chi connectivity index (χ4v) is 4.50. The normalized spacial score (nSPS) is 23.0. The molecule has 2 aliphatic rings. The largest absolute Gasteiger partial charge is 0.477 e. The lowest BCUT2D eigenvalue weighted by Gasteiger charge is -2.43. The molecule has 0 unspecified atom stereocenters. The van der Waals surface area contributed by atoms with Crippen molar-refractivity contribution in [3.8, 4) is 0 Å². The van der Waals surface area contributed by atoms with E-state index in [0.29, 0.717) is 4.91 Å². The summed E-state index contributed by atoms with van der Waals surface area (Å²) in [5.74, 6) is -1.96. The van der Waals surface area contributed by atoms with Crippen LogP contribution in [0, 0.1) is 12.8 Å². The maximum atomic E-state index is 12.1. The molecule has 1 amide bonds. The Bertz CT molecular complexity index is 712. The van der Waals surface area contributed by atoms with Gasteiger partial charge in [0.05, 0.1) is 12.0 Å². The van der Waals surface area contributed by atoms with E-state index in [-0.39, 0.29) is 17.0 Å². The summed E-state index contributed by atoms with van der Waals surface area (Å²) in [5, 5.41) is 18.9.